The maximum absolute atomic E-state index is 12.6. The van der Waals surface area contributed by atoms with Gasteiger partial charge in [0.2, 0.25) is 0 Å². The van der Waals surface area contributed by atoms with Crippen molar-refractivity contribution in [1.29, 1.82) is 0 Å². The fourth-order valence-corrected chi connectivity index (χ4v) is 4.41. The number of benzene rings is 2. The van der Waals surface area contributed by atoms with Crippen molar-refractivity contribution in [2.24, 2.45) is 0 Å². The molecule has 1 amide bonds. The first-order chi connectivity index (χ1) is 12.1. The quantitative estimate of drug-likeness (QED) is 0.817. The number of sulfone groups is 1. The fraction of sp³-hybridized carbons (Fsp3) is 0.316. The summed E-state index contributed by atoms with van der Waals surface area (Å²) >= 11 is 0. The standard InChI is InChI=1S/C19H22N2O3S.ClH/c22-19(21-16-10-12-20-13-11-16)18-9-5-4-6-15(18)14-25(23,24)17-7-2-1-3-8-17;/h1-9,16,20H,10-14H2,(H,21,22);1H. The highest BCUT2D eigenvalue weighted by molar-refractivity contribution is 7.90. The highest BCUT2D eigenvalue weighted by Gasteiger charge is 2.21. The van der Waals surface area contributed by atoms with Crippen molar-refractivity contribution in [3.8, 4) is 0 Å². The van der Waals surface area contributed by atoms with Crippen LogP contribution < -0.4 is 10.6 Å². The molecule has 0 aliphatic carbocycles. The van der Waals surface area contributed by atoms with E-state index in [1.54, 1.807) is 54.6 Å². The number of nitrogens with one attached hydrogen (secondary N) is 2. The first-order valence-electron chi connectivity index (χ1n) is 8.43. The van der Waals surface area contributed by atoms with E-state index in [0.717, 1.165) is 25.9 Å². The molecule has 1 saturated heterocycles. The average molecular weight is 395 g/mol. The average Bonchev–Trinajstić information content (AvgIpc) is 2.63. The summed E-state index contributed by atoms with van der Waals surface area (Å²) in [5, 5.41) is 6.29. The molecule has 0 radical (unpaired) electrons. The number of carbonyl (C=O) groups is 1. The van der Waals surface area contributed by atoms with Gasteiger partial charge in [-0.2, -0.15) is 0 Å². The molecular formula is C19H23ClN2O3S. The summed E-state index contributed by atoms with van der Waals surface area (Å²) in [5.74, 6) is -0.391. The van der Waals surface area contributed by atoms with Gasteiger partial charge >= 0.3 is 0 Å². The lowest BCUT2D eigenvalue weighted by Gasteiger charge is -2.24. The van der Waals surface area contributed by atoms with Gasteiger partial charge in [0.15, 0.2) is 9.84 Å². The summed E-state index contributed by atoms with van der Waals surface area (Å²) in [7, 11) is -3.49. The molecule has 0 spiro atoms. The third-order valence-corrected chi connectivity index (χ3v) is 6.07. The molecule has 1 aliphatic rings. The van der Waals surface area contributed by atoms with Crippen molar-refractivity contribution >= 4 is 28.2 Å². The van der Waals surface area contributed by atoms with Crippen molar-refractivity contribution < 1.29 is 13.2 Å². The summed E-state index contributed by atoms with van der Waals surface area (Å²) in [5.41, 5.74) is 0.957. The molecular weight excluding hydrogens is 372 g/mol. The van der Waals surface area contributed by atoms with E-state index in [-0.39, 0.29) is 35.0 Å². The largest absolute Gasteiger partial charge is 0.349 e. The zero-order valence-electron chi connectivity index (χ0n) is 14.4. The van der Waals surface area contributed by atoms with Crippen molar-refractivity contribution in [3.63, 3.8) is 0 Å². The smallest absolute Gasteiger partial charge is 0.251 e. The Morgan fingerprint density at radius 2 is 1.62 bits per heavy atom. The molecule has 3 rings (SSSR count). The van der Waals surface area contributed by atoms with Crippen LogP contribution in [-0.2, 0) is 15.6 Å². The highest BCUT2D eigenvalue weighted by Crippen LogP contribution is 2.19. The number of carbonyl (C=O) groups excluding carboxylic acids is 1. The van der Waals surface area contributed by atoms with E-state index in [9.17, 15) is 13.2 Å². The van der Waals surface area contributed by atoms with E-state index in [4.69, 9.17) is 0 Å². The molecule has 0 unspecified atom stereocenters. The molecule has 5 nitrogen and oxygen atoms in total. The molecule has 0 aromatic heterocycles. The van der Waals surface area contributed by atoms with Gasteiger partial charge in [0.05, 0.1) is 10.6 Å². The van der Waals surface area contributed by atoms with Crippen LogP contribution in [0.3, 0.4) is 0 Å². The monoisotopic (exact) mass is 394 g/mol. The molecule has 0 saturated carbocycles. The molecule has 0 atom stereocenters. The Labute approximate surface area is 160 Å². The molecule has 1 heterocycles. The maximum Gasteiger partial charge on any atom is 0.251 e. The summed E-state index contributed by atoms with van der Waals surface area (Å²) in [6, 6.07) is 15.4. The van der Waals surface area contributed by atoms with Crippen LogP contribution in [0.15, 0.2) is 59.5 Å². The number of hydrogen-bond acceptors (Lipinski definition) is 4. The minimum Gasteiger partial charge on any atom is -0.349 e. The summed E-state index contributed by atoms with van der Waals surface area (Å²) < 4.78 is 25.3. The Bertz CT molecular complexity index is 835. The molecule has 26 heavy (non-hydrogen) atoms. The van der Waals surface area contributed by atoms with E-state index in [1.165, 1.54) is 0 Å². The van der Waals surface area contributed by atoms with Gasteiger partial charge in [0.25, 0.3) is 5.91 Å². The van der Waals surface area contributed by atoms with Crippen molar-refractivity contribution in [3.05, 3.63) is 65.7 Å². The number of piperidine rings is 1. The predicted octanol–water partition coefficient (Wildman–Crippen LogP) is 2.56. The first-order valence-corrected chi connectivity index (χ1v) is 10.1. The van der Waals surface area contributed by atoms with Gasteiger partial charge in [-0.15, -0.1) is 12.4 Å². The lowest BCUT2D eigenvalue weighted by molar-refractivity contribution is 0.0929. The molecule has 2 aromatic carbocycles. The number of rotatable bonds is 5. The lowest BCUT2D eigenvalue weighted by atomic mass is 10.0. The Morgan fingerprint density at radius 1 is 1.00 bits per heavy atom. The summed E-state index contributed by atoms with van der Waals surface area (Å²) in [6.45, 7) is 1.77. The summed E-state index contributed by atoms with van der Waals surface area (Å²) in [6.07, 6.45) is 1.77. The lowest BCUT2D eigenvalue weighted by Crippen LogP contribution is -2.43. The Hall–Kier alpha value is -1.89. The fourth-order valence-electron chi connectivity index (χ4n) is 3.01. The van der Waals surface area contributed by atoms with E-state index < -0.39 is 9.84 Å². The van der Waals surface area contributed by atoms with Crippen LogP contribution in [0.1, 0.15) is 28.8 Å². The van der Waals surface area contributed by atoms with Gasteiger partial charge in [-0.1, -0.05) is 36.4 Å². The van der Waals surface area contributed by atoms with Gasteiger partial charge in [0.1, 0.15) is 0 Å². The second-order valence-electron chi connectivity index (χ2n) is 6.23. The molecule has 2 aromatic rings. The third-order valence-electron chi connectivity index (χ3n) is 4.38. The first kappa shape index (κ1) is 20.4. The molecule has 1 fully saturated rings. The van der Waals surface area contributed by atoms with E-state index in [0.29, 0.717) is 11.1 Å². The van der Waals surface area contributed by atoms with Crippen LogP contribution in [0.2, 0.25) is 0 Å². The Balaban J connectivity index is 0.00000243. The van der Waals surface area contributed by atoms with Gasteiger partial charge in [-0.3, -0.25) is 4.79 Å². The molecule has 0 bridgehead atoms. The zero-order valence-corrected chi connectivity index (χ0v) is 16.0. The van der Waals surface area contributed by atoms with E-state index >= 15 is 0 Å². The minimum absolute atomic E-state index is 0. The normalized spacial score (nSPS) is 15.1. The summed E-state index contributed by atoms with van der Waals surface area (Å²) in [4.78, 5) is 12.9. The molecule has 2 N–H and O–H groups in total. The van der Waals surface area contributed by atoms with Crippen LogP contribution in [-0.4, -0.2) is 33.5 Å². The van der Waals surface area contributed by atoms with Crippen molar-refractivity contribution in [1.82, 2.24) is 10.6 Å². The van der Waals surface area contributed by atoms with E-state index in [1.807, 2.05) is 0 Å². The van der Waals surface area contributed by atoms with E-state index in [2.05, 4.69) is 10.6 Å². The number of amides is 1. The Morgan fingerprint density at radius 3 is 2.31 bits per heavy atom. The number of halogens is 1. The molecule has 7 heteroatoms. The van der Waals surface area contributed by atoms with Gasteiger partial charge in [0, 0.05) is 11.6 Å². The number of hydrogen-bond donors (Lipinski definition) is 2. The predicted molar refractivity (Wildman–Crippen MR) is 104 cm³/mol. The van der Waals surface area contributed by atoms with Crippen LogP contribution in [0, 0.1) is 0 Å². The zero-order chi connectivity index (χ0) is 17.7. The second kappa shape index (κ2) is 9.16. The van der Waals surface area contributed by atoms with Crippen LogP contribution in [0.5, 0.6) is 0 Å². The SMILES string of the molecule is Cl.O=C(NC1CCNCC1)c1ccccc1CS(=O)(=O)c1ccccc1. The van der Waals surface area contributed by atoms with Crippen LogP contribution >= 0.6 is 12.4 Å². The minimum atomic E-state index is -3.49. The Kier molecular flexibility index (Phi) is 7.20. The topological polar surface area (TPSA) is 75.3 Å². The maximum atomic E-state index is 12.6. The molecule has 1 aliphatic heterocycles. The van der Waals surface area contributed by atoms with Crippen molar-refractivity contribution in [2.45, 2.75) is 29.5 Å². The van der Waals surface area contributed by atoms with Gasteiger partial charge < -0.3 is 10.6 Å². The van der Waals surface area contributed by atoms with Crippen molar-refractivity contribution in [2.75, 3.05) is 13.1 Å². The second-order valence-corrected chi connectivity index (χ2v) is 8.22. The van der Waals surface area contributed by atoms with Crippen LogP contribution in [0.25, 0.3) is 0 Å². The van der Waals surface area contributed by atoms with Gasteiger partial charge in [-0.25, -0.2) is 8.42 Å². The third kappa shape index (κ3) is 5.06. The van der Waals surface area contributed by atoms with Crippen LogP contribution in [0.4, 0.5) is 0 Å². The highest BCUT2D eigenvalue weighted by atomic mass is 35.5. The van der Waals surface area contributed by atoms with Gasteiger partial charge in [-0.05, 0) is 49.7 Å². The molecule has 140 valence electrons.